The van der Waals surface area contributed by atoms with Gasteiger partial charge >= 0.3 is 11.7 Å². The van der Waals surface area contributed by atoms with Crippen molar-refractivity contribution in [2.45, 2.75) is 45.5 Å². The lowest BCUT2D eigenvalue weighted by Crippen LogP contribution is -2.34. The summed E-state index contributed by atoms with van der Waals surface area (Å²) in [5.41, 5.74) is 0.641. The van der Waals surface area contributed by atoms with Gasteiger partial charge in [-0.1, -0.05) is 25.5 Å². The molecule has 0 saturated carbocycles. The summed E-state index contributed by atoms with van der Waals surface area (Å²) in [4.78, 5) is 27.4. The first-order valence-electron chi connectivity index (χ1n) is 10.9. The number of ether oxygens (including phenoxy) is 1. The minimum Gasteiger partial charge on any atom is -0.430 e. The molecule has 0 fully saturated rings. The lowest BCUT2D eigenvalue weighted by Gasteiger charge is -2.21. The molecule has 1 heterocycles. The van der Waals surface area contributed by atoms with Crippen molar-refractivity contribution in [3.05, 3.63) is 69.6 Å². The number of nitrogens with zero attached hydrogens (tertiary/aromatic N) is 1. The molecule has 182 valence electrons. The van der Waals surface area contributed by atoms with Gasteiger partial charge in [0.1, 0.15) is 16.9 Å². The summed E-state index contributed by atoms with van der Waals surface area (Å²) < 4.78 is 51.0. The number of fused-ring (bicyclic) bond motifs is 1. The van der Waals surface area contributed by atoms with Gasteiger partial charge in [-0.25, -0.2) is 9.18 Å². The maximum absolute atomic E-state index is 13.9. The first kappa shape index (κ1) is 25.3. The number of nitrogens with one attached hydrogen (secondary N) is 1. The summed E-state index contributed by atoms with van der Waals surface area (Å²) in [6.45, 7) is 3.24. The van der Waals surface area contributed by atoms with Crippen molar-refractivity contribution in [1.29, 1.82) is 0 Å². The Morgan fingerprint density at radius 2 is 1.85 bits per heavy atom. The maximum atomic E-state index is 13.9. The monoisotopic (exact) mass is 476 g/mol. The van der Waals surface area contributed by atoms with Gasteiger partial charge in [-0.3, -0.25) is 4.79 Å². The average Bonchev–Trinajstić information content (AvgIpc) is 2.76. The Balaban J connectivity index is 1.93. The van der Waals surface area contributed by atoms with Crippen LogP contribution in [0.2, 0.25) is 0 Å². The molecule has 0 radical (unpaired) electrons. The first-order chi connectivity index (χ1) is 16.0. The summed E-state index contributed by atoms with van der Waals surface area (Å²) in [6, 6.07) is 11.2. The SMILES string of the molecule is CCCc1c(OC(F)(F)C(C)F)ccc2cc(C(=O)Nc3ccc(CN(C)C)cc3)c(=O)oc12. The van der Waals surface area contributed by atoms with Gasteiger partial charge < -0.3 is 19.4 Å². The molecular weight excluding hydrogens is 449 g/mol. The fraction of sp³-hybridized carbons (Fsp3) is 0.360. The highest BCUT2D eigenvalue weighted by molar-refractivity contribution is 6.05. The largest absolute Gasteiger partial charge is 0.430 e. The minimum atomic E-state index is -4.04. The van der Waals surface area contributed by atoms with Gasteiger partial charge in [-0.15, -0.1) is 0 Å². The molecule has 1 atom stereocenters. The molecule has 1 N–H and O–H groups in total. The van der Waals surface area contributed by atoms with E-state index in [4.69, 9.17) is 4.42 Å². The van der Waals surface area contributed by atoms with Crippen molar-refractivity contribution >= 4 is 22.6 Å². The lowest BCUT2D eigenvalue weighted by molar-refractivity contribution is -0.215. The number of alkyl halides is 3. The zero-order chi connectivity index (χ0) is 25.0. The zero-order valence-corrected chi connectivity index (χ0v) is 19.5. The van der Waals surface area contributed by atoms with Gasteiger partial charge in [-0.2, -0.15) is 8.78 Å². The Kier molecular flexibility index (Phi) is 7.66. The van der Waals surface area contributed by atoms with Crippen LogP contribution in [0.5, 0.6) is 5.75 Å². The van der Waals surface area contributed by atoms with E-state index in [9.17, 15) is 22.8 Å². The molecule has 1 amide bonds. The molecule has 1 unspecified atom stereocenters. The van der Waals surface area contributed by atoms with Gasteiger partial charge in [0.05, 0.1) is 0 Å². The standard InChI is InChI=1S/C25H27F3N2O4/c1-5-6-19-21(34-25(27,28)15(2)26)12-9-17-13-20(24(32)33-22(17)19)23(31)29-18-10-7-16(8-11-18)14-30(3)4/h7-13,15H,5-6,14H2,1-4H3,(H,29,31). The normalized spacial score (nSPS) is 12.7. The third-order valence-electron chi connectivity index (χ3n) is 5.13. The van der Waals surface area contributed by atoms with Crippen LogP contribution in [-0.2, 0) is 13.0 Å². The van der Waals surface area contributed by atoms with E-state index in [1.54, 1.807) is 12.1 Å². The van der Waals surface area contributed by atoms with Crippen molar-refractivity contribution in [2.75, 3.05) is 19.4 Å². The van der Waals surface area contributed by atoms with E-state index in [1.165, 1.54) is 18.2 Å². The van der Waals surface area contributed by atoms with Gasteiger partial charge in [0.2, 0.25) is 6.17 Å². The number of carbonyl (C=O) groups is 1. The fourth-order valence-corrected chi connectivity index (χ4v) is 3.45. The molecule has 0 aliphatic heterocycles. The first-order valence-corrected chi connectivity index (χ1v) is 10.9. The number of anilines is 1. The van der Waals surface area contributed by atoms with Crippen LogP contribution in [0.25, 0.3) is 11.0 Å². The second-order valence-electron chi connectivity index (χ2n) is 8.33. The highest BCUT2D eigenvalue weighted by atomic mass is 19.3. The summed E-state index contributed by atoms with van der Waals surface area (Å²) in [5.74, 6) is -0.937. The zero-order valence-electron chi connectivity index (χ0n) is 19.5. The number of rotatable bonds is 9. The minimum absolute atomic E-state index is 0.0243. The van der Waals surface area contributed by atoms with Crippen molar-refractivity contribution < 1.29 is 27.1 Å². The molecule has 34 heavy (non-hydrogen) atoms. The summed E-state index contributed by atoms with van der Waals surface area (Å²) in [5, 5.41) is 3.02. The third-order valence-corrected chi connectivity index (χ3v) is 5.13. The van der Waals surface area contributed by atoms with Crippen LogP contribution in [0.15, 0.2) is 51.7 Å². The highest BCUT2D eigenvalue weighted by Gasteiger charge is 2.40. The van der Waals surface area contributed by atoms with Gasteiger partial charge in [0, 0.05) is 23.2 Å². The van der Waals surface area contributed by atoms with Crippen molar-refractivity contribution in [3.8, 4) is 5.75 Å². The summed E-state index contributed by atoms with van der Waals surface area (Å²) in [7, 11) is 3.89. The Labute approximate surface area is 195 Å². The van der Waals surface area contributed by atoms with Crippen LogP contribution < -0.4 is 15.7 Å². The highest BCUT2D eigenvalue weighted by Crippen LogP contribution is 2.34. The van der Waals surface area contributed by atoms with Crippen LogP contribution in [0.3, 0.4) is 0 Å². The molecule has 9 heteroatoms. The molecule has 2 aromatic carbocycles. The molecule has 6 nitrogen and oxygen atoms in total. The molecule has 3 aromatic rings. The molecular formula is C25H27F3N2O4. The molecule has 0 saturated heterocycles. The van der Waals surface area contributed by atoms with Crippen LogP contribution >= 0.6 is 0 Å². The number of carbonyl (C=O) groups excluding carboxylic acids is 1. The van der Waals surface area contributed by atoms with Crippen LogP contribution in [0.4, 0.5) is 18.9 Å². The third kappa shape index (κ3) is 5.77. The van der Waals surface area contributed by atoms with E-state index in [-0.39, 0.29) is 28.9 Å². The van der Waals surface area contributed by atoms with Crippen molar-refractivity contribution in [3.63, 3.8) is 0 Å². The molecule has 0 bridgehead atoms. The topological polar surface area (TPSA) is 71.8 Å². The van der Waals surface area contributed by atoms with E-state index in [0.29, 0.717) is 24.4 Å². The maximum Gasteiger partial charge on any atom is 0.429 e. The molecule has 0 aliphatic carbocycles. The van der Waals surface area contributed by atoms with E-state index in [2.05, 4.69) is 10.1 Å². The Bertz CT molecular complexity index is 1220. The van der Waals surface area contributed by atoms with E-state index in [1.807, 2.05) is 38.1 Å². The van der Waals surface area contributed by atoms with Crippen LogP contribution in [-0.4, -0.2) is 37.2 Å². The van der Waals surface area contributed by atoms with E-state index in [0.717, 1.165) is 12.1 Å². The van der Waals surface area contributed by atoms with Crippen molar-refractivity contribution in [2.24, 2.45) is 0 Å². The Hall–Kier alpha value is -3.33. The lowest BCUT2D eigenvalue weighted by atomic mass is 10.0. The number of benzene rings is 2. The summed E-state index contributed by atoms with van der Waals surface area (Å²) in [6.07, 6.45) is -5.80. The predicted molar refractivity (Wildman–Crippen MR) is 124 cm³/mol. The smallest absolute Gasteiger partial charge is 0.429 e. The van der Waals surface area contributed by atoms with E-state index < -0.39 is 23.8 Å². The number of hydrogen-bond donors (Lipinski definition) is 1. The molecule has 3 rings (SSSR count). The van der Waals surface area contributed by atoms with Gasteiger partial charge in [0.15, 0.2) is 0 Å². The number of hydrogen-bond acceptors (Lipinski definition) is 5. The second-order valence-corrected chi connectivity index (χ2v) is 8.33. The Morgan fingerprint density at radius 1 is 1.18 bits per heavy atom. The van der Waals surface area contributed by atoms with Crippen molar-refractivity contribution in [1.82, 2.24) is 4.90 Å². The fourth-order valence-electron chi connectivity index (χ4n) is 3.45. The average molecular weight is 476 g/mol. The van der Waals surface area contributed by atoms with Crippen LogP contribution in [0.1, 0.15) is 41.8 Å². The van der Waals surface area contributed by atoms with Gasteiger partial charge in [0.25, 0.3) is 5.91 Å². The number of amides is 1. The molecule has 0 spiro atoms. The number of halogens is 3. The van der Waals surface area contributed by atoms with Crippen LogP contribution in [0, 0.1) is 0 Å². The predicted octanol–water partition coefficient (Wildman–Crippen LogP) is 5.39. The summed E-state index contributed by atoms with van der Waals surface area (Å²) >= 11 is 0. The second kappa shape index (κ2) is 10.3. The van der Waals surface area contributed by atoms with E-state index >= 15 is 0 Å². The molecule has 1 aromatic heterocycles. The van der Waals surface area contributed by atoms with Gasteiger partial charge in [-0.05, 0) is 63.3 Å². The Morgan fingerprint density at radius 3 is 2.44 bits per heavy atom. The number of aryl methyl sites for hydroxylation is 1. The molecule has 0 aliphatic rings. The quantitative estimate of drug-likeness (QED) is 0.420.